The van der Waals surface area contributed by atoms with Crippen LogP contribution >= 0.6 is 11.8 Å². The van der Waals surface area contributed by atoms with Crippen molar-refractivity contribution < 1.29 is 14.7 Å². The van der Waals surface area contributed by atoms with Crippen molar-refractivity contribution in [2.45, 2.75) is 44.3 Å². The number of aliphatic carboxylic acids is 1. The molecule has 0 aliphatic carbocycles. The van der Waals surface area contributed by atoms with Crippen molar-refractivity contribution in [2.75, 3.05) is 13.1 Å². The summed E-state index contributed by atoms with van der Waals surface area (Å²) in [5.74, 6) is -0.685. The summed E-state index contributed by atoms with van der Waals surface area (Å²) in [6.07, 6.45) is -0.0280. The Balaban J connectivity index is 2.81. The number of carboxylic acid groups (broad SMARTS) is 1. The molecule has 0 bridgehead atoms. The van der Waals surface area contributed by atoms with Gasteiger partial charge in [0.2, 0.25) is 0 Å². The molecule has 1 N–H and O–H groups in total. The summed E-state index contributed by atoms with van der Waals surface area (Å²) in [4.78, 5) is 26.1. The summed E-state index contributed by atoms with van der Waals surface area (Å²) in [5.41, 5.74) is 0.610. The third kappa shape index (κ3) is 6.52. The van der Waals surface area contributed by atoms with Crippen LogP contribution in [0.15, 0.2) is 29.2 Å². The number of nitrogens with zero attached hydrogens (tertiary/aromatic N) is 1. The molecular weight excluding hydrogens is 298 g/mol. The van der Waals surface area contributed by atoms with Crippen LogP contribution < -0.4 is 0 Å². The lowest BCUT2D eigenvalue weighted by Gasteiger charge is -2.24. The SMILES string of the molecule is CC(C)CN(CCC(=O)O)C(=O)c1ccc(SC(C)C)cc1. The van der Waals surface area contributed by atoms with Crippen LogP contribution in [0.2, 0.25) is 0 Å². The van der Waals surface area contributed by atoms with Gasteiger partial charge in [-0.25, -0.2) is 0 Å². The minimum Gasteiger partial charge on any atom is -0.481 e. The number of rotatable bonds is 8. The molecule has 0 radical (unpaired) electrons. The van der Waals surface area contributed by atoms with Gasteiger partial charge in [0.25, 0.3) is 5.91 Å². The molecule has 0 aliphatic heterocycles. The van der Waals surface area contributed by atoms with Crippen LogP contribution in [0.5, 0.6) is 0 Å². The predicted octanol–water partition coefficient (Wildman–Crippen LogP) is 3.76. The van der Waals surface area contributed by atoms with E-state index in [1.165, 1.54) is 0 Å². The van der Waals surface area contributed by atoms with E-state index in [2.05, 4.69) is 13.8 Å². The highest BCUT2D eigenvalue weighted by molar-refractivity contribution is 7.99. The monoisotopic (exact) mass is 323 g/mol. The van der Waals surface area contributed by atoms with Gasteiger partial charge >= 0.3 is 5.97 Å². The molecule has 1 amide bonds. The normalized spacial score (nSPS) is 11.0. The third-order valence-electron chi connectivity index (χ3n) is 2.94. The van der Waals surface area contributed by atoms with Crippen LogP contribution in [-0.4, -0.2) is 40.2 Å². The van der Waals surface area contributed by atoms with Gasteiger partial charge in [-0.2, -0.15) is 0 Å². The van der Waals surface area contributed by atoms with Crippen molar-refractivity contribution in [3.05, 3.63) is 29.8 Å². The zero-order chi connectivity index (χ0) is 16.7. The van der Waals surface area contributed by atoms with Gasteiger partial charge in [0.1, 0.15) is 0 Å². The van der Waals surface area contributed by atoms with Crippen LogP contribution in [0, 0.1) is 5.92 Å². The van der Waals surface area contributed by atoms with E-state index in [1.54, 1.807) is 16.7 Å². The molecule has 22 heavy (non-hydrogen) atoms. The van der Waals surface area contributed by atoms with Crippen LogP contribution in [-0.2, 0) is 4.79 Å². The second kappa shape index (κ2) is 8.83. The van der Waals surface area contributed by atoms with Crippen LogP contribution in [0.3, 0.4) is 0 Å². The molecule has 0 heterocycles. The van der Waals surface area contributed by atoms with E-state index in [0.717, 1.165) is 4.90 Å². The quantitative estimate of drug-likeness (QED) is 0.740. The molecule has 0 unspecified atom stereocenters. The van der Waals surface area contributed by atoms with Crippen LogP contribution in [0.4, 0.5) is 0 Å². The maximum atomic E-state index is 12.6. The summed E-state index contributed by atoms with van der Waals surface area (Å²) >= 11 is 1.75. The average molecular weight is 323 g/mol. The van der Waals surface area contributed by atoms with Crippen molar-refractivity contribution in [3.63, 3.8) is 0 Å². The number of benzene rings is 1. The van der Waals surface area contributed by atoms with Gasteiger partial charge in [-0.1, -0.05) is 27.7 Å². The van der Waals surface area contributed by atoms with E-state index in [0.29, 0.717) is 23.3 Å². The van der Waals surface area contributed by atoms with Crippen molar-refractivity contribution in [2.24, 2.45) is 5.92 Å². The van der Waals surface area contributed by atoms with Gasteiger partial charge in [0.05, 0.1) is 6.42 Å². The fourth-order valence-electron chi connectivity index (χ4n) is 2.08. The van der Waals surface area contributed by atoms with Crippen molar-refractivity contribution >= 4 is 23.6 Å². The number of thioether (sulfide) groups is 1. The Morgan fingerprint density at radius 1 is 1.14 bits per heavy atom. The molecule has 0 aromatic heterocycles. The van der Waals surface area contributed by atoms with Gasteiger partial charge in [0.15, 0.2) is 0 Å². The predicted molar refractivity (Wildman–Crippen MR) is 90.4 cm³/mol. The number of hydrogen-bond donors (Lipinski definition) is 1. The fourth-order valence-corrected chi connectivity index (χ4v) is 2.92. The van der Waals surface area contributed by atoms with Gasteiger partial charge in [0, 0.05) is 28.8 Å². The summed E-state index contributed by atoms with van der Waals surface area (Å²) in [5, 5.41) is 9.32. The number of carbonyl (C=O) groups is 2. The molecule has 0 atom stereocenters. The number of carboxylic acids is 1. The molecule has 1 aromatic rings. The van der Waals surface area contributed by atoms with E-state index in [9.17, 15) is 9.59 Å². The Kier molecular flexibility index (Phi) is 7.45. The lowest BCUT2D eigenvalue weighted by molar-refractivity contribution is -0.137. The molecule has 1 aromatic carbocycles. The molecular formula is C17H25NO3S. The van der Waals surface area contributed by atoms with E-state index < -0.39 is 5.97 Å². The standard InChI is InChI=1S/C17H25NO3S/c1-12(2)11-18(10-9-16(19)20)17(21)14-5-7-15(8-6-14)22-13(3)4/h5-8,12-13H,9-11H2,1-4H3,(H,19,20). The summed E-state index contributed by atoms with van der Waals surface area (Å²) in [6, 6.07) is 7.54. The molecule has 0 saturated carbocycles. The van der Waals surface area contributed by atoms with Gasteiger partial charge < -0.3 is 10.0 Å². The highest BCUT2D eigenvalue weighted by Crippen LogP contribution is 2.23. The zero-order valence-electron chi connectivity index (χ0n) is 13.7. The summed E-state index contributed by atoms with van der Waals surface area (Å²) in [6.45, 7) is 9.09. The molecule has 0 spiro atoms. The first-order valence-electron chi connectivity index (χ1n) is 7.57. The first kappa shape index (κ1) is 18.6. The highest BCUT2D eigenvalue weighted by atomic mass is 32.2. The lowest BCUT2D eigenvalue weighted by atomic mass is 10.1. The van der Waals surface area contributed by atoms with Gasteiger partial charge in [-0.05, 0) is 30.2 Å². The Bertz CT molecular complexity index is 497. The Labute approximate surface area is 136 Å². The van der Waals surface area contributed by atoms with Gasteiger partial charge in [-0.3, -0.25) is 9.59 Å². The maximum absolute atomic E-state index is 12.6. The minimum absolute atomic E-state index is 0.0280. The number of amides is 1. The largest absolute Gasteiger partial charge is 0.481 e. The van der Waals surface area contributed by atoms with Crippen molar-refractivity contribution in [1.82, 2.24) is 4.90 Å². The molecule has 0 aliphatic rings. The average Bonchev–Trinajstić information content (AvgIpc) is 2.42. The second-order valence-electron chi connectivity index (χ2n) is 5.98. The van der Waals surface area contributed by atoms with Gasteiger partial charge in [-0.15, -0.1) is 11.8 Å². The Hall–Kier alpha value is -1.49. The molecule has 5 heteroatoms. The molecule has 0 saturated heterocycles. The topological polar surface area (TPSA) is 57.6 Å². The second-order valence-corrected chi connectivity index (χ2v) is 7.63. The summed E-state index contributed by atoms with van der Waals surface area (Å²) in [7, 11) is 0. The first-order valence-corrected chi connectivity index (χ1v) is 8.45. The lowest BCUT2D eigenvalue weighted by Crippen LogP contribution is -2.35. The Morgan fingerprint density at radius 3 is 2.18 bits per heavy atom. The minimum atomic E-state index is -0.884. The highest BCUT2D eigenvalue weighted by Gasteiger charge is 2.18. The number of hydrogen-bond acceptors (Lipinski definition) is 3. The maximum Gasteiger partial charge on any atom is 0.305 e. The summed E-state index contributed by atoms with van der Waals surface area (Å²) < 4.78 is 0. The third-order valence-corrected chi connectivity index (χ3v) is 3.96. The fraction of sp³-hybridized carbons (Fsp3) is 0.529. The smallest absolute Gasteiger partial charge is 0.305 e. The van der Waals surface area contributed by atoms with E-state index in [4.69, 9.17) is 5.11 Å². The molecule has 1 rings (SSSR count). The molecule has 4 nitrogen and oxygen atoms in total. The van der Waals surface area contributed by atoms with E-state index in [1.807, 2.05) is 38.1 Å². The number of carbonyl (C=O) groups excluding carboxylic acids is 1. The first-order chi connectivity index (χ1) is 10.3. The van der Waals surface area contributed by atoms with Crippen LogP contribution in [0.25, 0.3) is 0 Å². The molecule has 122 valence electrons. The van der Waals surface area contributed by atoms with Crippen molar-refractivity contribution in [1.29, 1.82) is 0 Å². The Morgan fingerprint density at radius 2 is 1.73 bits per heavy atom. The van der Waals surface area contributed by atoms with Crippen molar-refractivity contribution in [3.8, 4) is 0 Å². The van der Waals surface area contributed by atoms with E-state index in [-0.39, 0.29) is 18.9 Å². The zero-order valence-corrected chi connectivity index (χ0v) is 14.5. The van der Waals surface area contributed by atoms with E-state index >= 15 is 0 Å². The van der Waals surface area contributed by atoms with Crippen LogP contribution in [0.1, 0.15) is 44.5 Å². The molecule has 0 fully saturated rings.